The van der Waals surface area contributed by atoms with Crippen LogP contribution in [0.25, 0.3) is 0 Å². The van der Waals surface area contributed by atoms with Gasteiger partial charge in [0.1, 0.15) is 6.10 Å². The van der Waals surface area contributed by atoms with Gasteiger partial charge in [0.25, 0.3) is 0 Å². The zero-order valence-corrected chi connectivity index (χ0v) is 20.6. The van der Waals surface area contributed by atoms with Crippen molar-refractivity contribution in [3.05, 3.63) is 0 Å². The van der Waals surface area contributed by atoms with Gasteiger partial charge in [-0.15, -0.1) is 0 Å². The maximum absolute atomic E-state index is 12.2. The molecular formula is C21H37N3O8S. The Kier molecular flexibility index (Phi) is 15.3. The Morgan fingerprint density at radius 2 is 1.64 bits per heavy atom. The summed E-state index contributed by atoms with van der Waals surface area (Å²) in [6.07, 6.45) is -1.59. The normalized spacial score (nSPS) is 12.9. The Bertz CT molecular complexity index is 670. The highest BCUT2D eigenvalue weighted by Gasteiger charge is 2.34. The highest BCUT2D eigenvalue weighted by atomic mass is 32.2. The SMILES string of the molecule is CC(=O)NCCCC(=O)OCC(C)(C)[C@@H](O)C(=O)NCCC(=O)NCCSC(=O)C[C@@H](C)O. The van der Waals surface area contributed by atoms with Crippen LogP contribution in [0.5, 0.6) is 0 Å². The molecule has 0 aliphatic heterocycles. The molecule has 0 saturated heterocycles. The first-order valence-electron chi connectivity index (χ1n) is 10.8. The van der Waals surface area contributed by atoms with Crippen LogP contribution in [0.1, 0.15) is 53.4 Å². The summed E-state index contributed by atoms with van der Waals surface area (Å²) in [6, 6.07) is 0. The Morgan fingerprint density at radius 1 is 0.970 bits per heavy atom. The van der Waals surface area contributed by atoms with Crippen molar-refractivity contribution in [1.82, 2.24) is 16.0 Å². The fourth-order valence-corrected chi connectivity index (χ4v) is 3.20. The molecule has 0 saturated carbocycles. The van der Waals surface area contributed by atoms with Gasteiger partial charge in [0.05, 0.1) is 12.7 Å². The molecule has 2 atom stereocenters. The molecule has 33 heavy (non-hydrogen) atoms. The zero-order valence-electron chi connectivity index (χ0n) is 19.8. The van der Waals surface area contributed by atoms with Crippen molar-refractivity contribution in [2.75, 3.05) is 32.0 Å². The number of rotatable bonds is 16. The van der Waals surface area contributed by atoms with Gasteiger partial charge >= 0.3 is 5.97 Å². The van der Waals surface area contributed by atoms with E-state index in [1.54, 1.807) is 13.8 Å². The summed E-state index contributed by atoms with van der Waals surface area (Å²) in [5, 5.41) is 26.9. The van der Waals surface area contributed by atoms with E-state index in [2.05, 4.69) is 16.0 Å². The molecule has 12 heteroatoms. The van der Waals surface area contributed by atoms with Crippen molar-refractivity contribution < 1.29 is 38.9 Å². The van der Waals surface area contributed by atoms with Crippen molar-refractivity contribution in [2.45, 2.75) is 65.6 Å². The summed E-state index contributed by atoms with van der Waals surface area (Å²) in [6.45, 7) is 6.52. The summed E-state index contributed by atoms with van der Waals surface area (Å²) in [5.41, 5.74) is -1.05. The molecule has 0 aromatic heterocycles. The standard InChI is InChI=1S/C21H37N3O8S/c1-14(25)12-18(29)33-11-10-23-16(27)7-9-24-20(31)19(30)21(3,4)13-32-17(28)6-5-8-22-15(2)26/h14,19,25,30H,5-13H2,1-4H3,(H,22,26)(H,23,27)(H,24,31)/t14-,19+/m1/s1. The average molecular weight is 492 g/mol. The number of hydrogen-bond acceptors (Lipinski definition) is 9. The highest BCUT2D eigenvalue weighted by molar-refractivity contribution is 8.13. The van der Waals surface area contributed by atoms with Crippen LogP contribution in [0, 0.1) is 5.41 Å². The lowest BCUT2D eigenvalue weighted by atomic mass is 9.87. The van der Waals surface area contributed by atoms with Crippen LogP contribution in [0.4, 0.5) is 0 Å². The molecule has 11 nitrogen and oxygen atoms in total. The van der Waals surface area contributed by atoms with Gasteiger partial charge in [-0.05, 0) is 13.3 Å². The predicted octanol–water partition coefficient (Wildman–Crippen LogP) is -0.514. The van der Waals surface area contributed by atoms with Gasteiger partial charge in [0.2, 0.25) is 17.7 Å². The van der Waals surface area contributed by atoms with E-state index in [-0.39, 0.29) is 55.9 Å². The van der Waals surface area contributed by atoms with Gasteiger partial charge in [0, 0.05) is 57.0 Å². The van der Waals surface area contributed by atoms with Crippen LogP contribution in [-0.2, 0) is 28.7 Å². The van der Waals surface area contributed by atoms with Gasteiger partial charge < -0.3 is 30.9 Å². The van der Waals surface area contributed by atoms with Crippen LogP contribution >= 0.6 is 11.8 Å². The molecule has 0 bridgehead atoms. The van der Waals surface area contributed by atoms with Gasteiger partial charge in [-0.1, -0.05) is 25.6 Å². The quantitative estimate of drug-likeness (QED) is 0.141. The molecular weight excluding hydrogens is 454 g/mol. The van der Waals surface area contributed by atoms with Crippen LogP contribution in [-0.4, -0.2) is 83.2 Å². The molecule has 0 heterocycles. The summed E-state index contributed by atoms with van der Waals surface area (Å²) in [7, 11) is 0. The minimum atomic E-state index is -1.45. The number of thioether (sulfide) groups is 1. The van der Waals surface area contributed by atoms with E-state index in [0.717, 1.165) is 11.8 Å². The maximum Gasteiger partial charge on any atom is 0.305 e. The lowest BCUT2D eigenvalue weighted by Gasteiger charge is -2.29. The van der Waals surface area contributed by atoms with Crippen LogP contribution < -0.4 is 16.0 Å². The first kappa shape index (κ1) is 30.8. The summed E-state index contributed by atoms with van der Waals surface area (Å²) in [4.78, 5) is 58.0. The summed E-state index contributed by atoms with van der Waals surface area (Å²) >= 11 is 1.03. The van der Waals surface area contributed by atoms with E-state index < -0.39 is 29.5 Å². The van der Waals surface area contributed by atoms with E-state index in [0.29, 0.717) is 18.7 Å². The molecule has 0 unspecified atom stereocenters. The number of aliphatic hydroxyl groups is 2. The molecule has 0 rings (SSSR count). The lowest BCUT2D eigenvalue weighted by molar-refractivity contribution is -0.153. The number of amides is 3. The Morgan fingerprint density at radius 3 is 2.24 bits per heavy atom. The van der Waals surface area contributed by atoms with E-state index in [1.165, 1.54) is 13.8 Å². The first-order chi connectivity index (χ1) is 15.3. The molecule has 0 aromatic rings. The molecule has 0 radical (unpaired) electrons. The topological polar surface area (TPSA) is 171 Å². The molecule has 0 aromatic carbocycles. The summed E-state index contributed by atoms with van der Waals surface area (Å²) < 4.78 is 5.13. The second-order valence-electron chi connectivity index (χ2n) is 8.30. The molecule has 0 aliphatic rings. The van der Waals surface area contributed by atoms with Crippen LogP contribution in [0.2, 0.25) is 0 Å². The Balaban J connectivity index is 4.10. The van der Waals surface area contributed by atoms with Gasteiger partial charge in [-0.2, -0.15) is 0 Å². The molecule has 190 valence electrons. The Hall–Kier alpha value is -2.18. The van der Waals surface area contributed by atoms with E-state index in [4.69, 9.17) is 9.84 Å². The number of esters is 1. The lowest BCUT2D eigenvalue weighted by Crippen LogP contribution is -2.47. The Labute approximate surface area is 198 Å². The predicted molar refractivity (Wildman–Crippen MR) is 123 cm³/mol. The van der Waals surface area contributed by atoms with Crippen LogP contribution in [0.15, 0.2) is 0 Å². The van der Waals surface area contributed by atoms with Gasteiger partial charge in [-0.3, -0.25) is 24.0 Å². The number of aliphatic hydroxyl groups excluding tert-OH is 2. The third-order valence-electron chi connectivity index (χ3n) is 4.33. The smallest absolute Gasteiger partial charge is 0.305 e. The van der Waals surface area contributed by atoms with Crippen molar-refractivity contribution in [3.63, 3.8) is 0 Å². The number of carbonyl (C=O) groups is 5. The van der Waals surface area contributed by atoms with Gasteiger partial charge in [0.15, 0.2) is 5.12 Å². The number of hydrogen-bond donors (Lipinski definition) is 5. The molecule has 0 fully saturated rings. The number of carbonyl (C=O) groups excluding carboxylic acids is 5. The highest BCUT2D eigenvalue weighted by Crippen LogP contribution is 2.21. The van der Waals surface area contributed by atoms with Crippen molar-refractivity contribution >= 4 is 40.6 Å². The second kappa shape index (κ2) is 16.4. The number of ether oxygens (including phenoxy) is 1. The van der Waals surface area contributed by atoms with Crippen molar-refractivity contribution in [3.8, 4) is 0 Å². The van der Waals surface area contributed by atoms with E-state index >= 15 is 0 Å². The fraction of sp³-hybridized carbons (Fsp3) is 0.762. The van der Waals surface area contributed by atoms with Crippen molar-refractivity contribution in [1.29, 1.82) is 0 Å². The maximum atomic E-state index is 12.2. The van der Waals surface area contributed by atoms with E-state index in [1.807, 2.05) is 0 Å². The van der Waals surface area contributed by atoms with Gasteiger partial charge in [-0.25, -0.2) is 0 Å². The second-order valence-corrected chi connectivity index (χ2v) is 9.46. The van der Waals surface area contributed by atoms with Crippen LogP contribution in [0.3, 0.4) is 0 Å². The third-order valence-corrected chi connectivity index (χ3v) is 5.22. The summed E-state index contributed by atoms with van der Waals surface area (Å²) in [5.74, 6) is -1.31. The first-order valence-corrected chi connectivity index (χ1v) is 11.8. The minimum Gasteiger partial charge on any atom is -0.465 e. The molecule has 3 amide bonds. The fourth-order valence-electron chi connectivity index (χ4n) is 2.41. The third kappa shape index (κ3) is 16.1. The largest absolute Gasteiger partial charge is 0.465 e. The van der Waals surface area contributed by atoms with Crippen molar-refractivity contribution in [2.24, 2.45) is 5.41 Å². The zero-order chi connectivity index (χ0) is 25.4. The monoisotopic (exact) mass is 491 g/mol. The molecule has 5 N–H and O–H groups in total. The molecule has 0 aliphatic carbocycles. The number of nitrogens with one attached hydrogen (secondary N) is 3. The van der Waals surface area contributed by atoms with E-state index in [9.17, 15) is 29.1 Å². The molecule has 0 spiro atoms. The minimum absolute atomic E-state index is 0.00550. The average Bonchev–Trinajstić information content (AvgIpc) is 2.71.